The molecule has 0 aliphatic carbocycles. The van der Waals surface area contributed by atoms with Crippen LogP contribution in [-0.4, -0.2) is 23.4 Å². The minimum atomic E-state index is -0.470. The van der Waals surface area contributed by atoms with Crippen molar-refractivity contribution in [2.75, 3.05) is 12.5 Å². The number of rotatable bonds is 5. The van der Waals surface area contributed by atoms with E-state index in [1.54, 1.807) is 24.3 Å². The third-order valence-corrected chi connectivity index (χ3v) is 2.71. The molecule has 0 aromatic heterocycles. The molecule has 0 radical (unpaired) electrons. The number of nitrogens with one attached hydrogen (secondary N) is 1. The van der Waals surface area contributed by atoms with Crippen LogP contribution in [0.4, 0.5) is 11.4 Å². The molecule has 0 aliphatic rings. The fourth-order valence-electron chi connectivity index (χ4n) is 1.59. The number of nitrogens with zero attached hydrogens (tertiary/aromatic N) is 2. The van der Waals surface area contributed by atoms with Crippen molar-refractivity contribution in [3.05, 3.63) is 58.1 Å². The molecule has 2 rings (SSSR count). The van der Waals surface area contributed by atoms with Gasteiger partial charge in [0.15, 0.2) is 0 Å². The molecule has 0 bridgehead atoms. The third kappa shape index (κ3) is 3.69. The van der Waals surface area contributed by atoms with E-state index in [2.05, 4.69) is 10.5 Å². The number of hydrogen-bond acceptors (Lipinski definition) is 6. The Morgan fingerprint density at radius 2 is 2.00 bits per heavy atom. The van der Waals surface area contributed by atoms with Gasteiger partial charge in [-0.3, -0.25) is 15.5 Å². The minimum absolute atomic E-state index is 0.0114. The molecule has 2 N–H and O–H groups in total. The van der Waals surface area contributed by atoms with Gasteiger partial charge >= 0.3 is 0 Å². The first kappa shape index (κ1) is 14.3. The molecule has 0 saturated heterocycles. The predicted molar refractivity (Wildman–Crippen MR) is 79.0 cm³/mol. The summed E-state index contributed by atoms with van der Waals surface area (Å²) in [5, 5.41) is 24.2. The van der Waals surface area contributed by atoms with Crippen LogP contribution in [0.3, 0.4) is 0 Å². The normalized spacial score (nSPS) is 10.5. The van der Waals surface area contributed by atoms with Crippen molar-refractivity contribution < 1.29 is 14.8 Å². The van der Waals surface area contributed by atoms with Crippen LogP contribution in [0.2, 0.25) is 0 Å². The molecule has 0 fully saturated rings. The molecule has 0 aliphatic heterocycles. The van der Waals surface area contributed by atoms with Gasteiger partial charge in [-0.25, -0.2) is 0 Å². The van der Waals surface area contributed by atoms with Crippen molar-refractivity contribution in [1.82, 2.24) is 0 Å². The van der Waals surface area contributed by atoms with Crippen LogP contribution in [0.5, 0.6) is 11.5 Å². The highest BCUT2D eigenvalue weighted by Crippen LogP contribution is 2.22. The van der Waals surface area contributed by atoms with Crippen molar-refractivity contribution in [3.8, 4) is 11.5 Å². The fraction of sp³-hybridized carbons (Fsp3) is 0.0714. The number of benzene rings is 2. The summed E-state index contributed by atoms with van der Waals surface area (Å²) < 4.78 is 4.98. The number of methoxy groups -OCH3 is 1. The van der Waals surface area contributed by atoms with Gasteiger partial charge in [0.2, 0.25) is 0 Å². The molecule has 0 atom stereocenters. The average molecular weight is 287 g/mol. The summed E-state index contributed by atoms with van der Waals surface area (Å²) in [5.41, 5.74) is 3.85. The lowest BCUT2D eigenvalue weighted by molar-refractivity contribution is -0.384. The van der Waals surface area contributed by atoms with Gasteiger partial charge in [-0.2, -0.15) is 5.10 Å². The van der Waals surface area contributed by atoms with Crippen molar-refractivity contribution in [1.29, 1.82) is 0 Å². The summed E-state index contributed by atoms with van der Waals surface area (Å²) in [6.07, 6.45) is 1.44. The van der Waals surface area contributed by atoms with E-state index in [9.17, 15) is 15.2 Å². The Balaban J connectivity index is 2.03. The second-order valence-electron chi connectivity index (χ2n) is 4.10. The maximum atomic E-state index is 10.5. The number of phenols is 1. The summed E-state index contributed by atoms with van der Waals surface area (Å²) in [6, 6.07) is 10.7. The second kappa shape index (κ2) is 6.38. The van der Waals surface area contributed by atoms with Crippen LogP contribution in [0.1, 0.15) is 5.56 Å². The van der Waals surface area contributed by atoms with Gasteiger partial charge in [0, 0.05) is 23.8 Å². The molecule has 0 unspecified atom stereocenters. The van der Waals surface area contributed by atoms with Crippen molar-refractivity contribution in [2.45, 2.75) is 0 Å². The first-order chi connectivity index (χ1) is 10.1. The van der Waals surface area contributed by atoms with E-state index in [1.807, 2.05) is 0 Å². The highest BCUT2D eigenvalue weighted by atomic mass is 16.6. The first-order valence-corrected chi connectivity index (χ1v) is 6.00. The summed E-state index contributed by atoms with van der Waals surface area (Å²) in [5.74, 6) is 0.594. The van der Waals surface area contributed by atoms with Crippen molar-refractivity contribution in [3.63, 3.8) is 0 Å². The highest BCUT2D eigenvalue weighted by Gasteiger charge is 2.03. The van der Waals surface area contributed by atoms with Gasteiger partial charge in [-0.05, 0) is 24.3 Å². The van der Waals surface area contributed by atoms with Crippen LogP contribution in [-0.2, 0) is 0 Å². The van der Waals surface area contributed by atoms with Gasteiger partial charge in [-0.15, -0.1) is 0 Å². The van der Waals surface area contributed by atoms with E-state index >= 15 is 0 Å². The summed E-state index contributed by atoms with van der Waals surface area (Å²) >= 11 is 0. The molecule has 2 aromatic rings. The molecule has 7 nitrogen and oxygen atoms in total. The van der Waals surface area contributed by atoms with Gasteiger partial charge in [0.1, 0.15) is 11.5 Å². The number of ether oxygens (including phenoxy) is 1. The maximum Gasteiger partial charge on any atom is 0.269 e. The lowest BCUT2D eigenvalue weighted by atomic mass is 10.2. The molecular weight excluding hydrogens is 274 g/mol. The number of non-ortho nitro benzene ring substituents is 1. The van der Waals surface area contributed by atoms with E-state index in [-0.39, 0.29) is 11.4 Å². The summed E-state index contributed by atoms with van der Waals surface area (Å²) in [4.78, 5) is 10.0. The van der Waals surface area contributed by atoms with Crippen LogP contribution in [0.25, 0.3) is 0 Å². The zero-order chi connectivity index (χ0) is 15.2. The Kier molecular flexibility index (Phi) is 4.35. The van der Waals surface area contributed by atoms with Crippen molar-refractivity contribution >= 4 is 17.6 Å². The standard InChI is InChI=1S/C14H13N3O4/c1-21-13-7-2-10(14(18)8-13)9-15-16-11-3-5-12(6-4-11)17(19)20/h2-9,16,18H,1H3. The van der Waals surface area contributed by atoms with Gasteiger partial charge in [0.05, 0.1) is 23.9 Å². The third-order valence-electron chi connectivity index (χ3n) is 2.71. The monoisotopic (exact) mass is 287 g/mol. The van der Waals surface area contributed by atoms with Crippen LogP contribution >= 0.6 is 0 Å². The minimum Gasteiger partial charge on any atom is -0.507 e. The molecule has 0 spiro atoms. The molecular formula is C14H13N3O4. The van der Waals surface area contributed by atoms with E-state index in [4.69, 9.17) is 4.74 Å². The molecule has 0 amide bonds. The predicted octanol–water partition coefficient (Wildman–Crippen LogP) is 2.76. The number of anilines is 1. The van der Waals surface area contributed by atoms with Gasteiger partial charge in [-0.1, -0.05) is 0 Å². The molecule has 2 aromatic carbocycles. The SMILES string of the molecule is COc1ccc(C=NNc2ccc([N+](=O)[O-])cc2)c(O)c1. The number of aromatic hydroxyl groups is 1. The van der Waals surface area contributed by atoms with Crippen LogP contribution < -0.4 is 10.2 Å². The number of nitro benzene ring substituents is 1. The molecule has 108 valence electrons. The van der Waals surface area contributed by atoms with Gasteiger partial charge < -0.3 is 9.84 Å². The van der Waals surface area contributed by atoms with E-state index < -0.39 is 4.92 Å². The van der Waals surface area contributed by atoms with E-state index in [1.165, 1.54) is 31.5 Å². The molecule has 0 saturated carbocycles. The molecule has 0 heterocycles. The second-order valence-corrected chi connectivity index (χ2v) is 4.10. The number of phenolic OH excluding ortho intramolecular Hbond substituents is 1. The lowest BCUT2D eigenvalue weighted by Gasteiger charge is -2.03. The molecule has 21 heavy (non-hydrogen) atoms. The quantitative estimate of drug-likeness (QED) is 0.500. The Morgan fingerprint density at radius 3 is 2.57 bits per heavy atom. The van der Waals surface area contributed by atoms with E-state index in [0.29, 0.717) is 17.0 Å². The molecule has 7 heteroatoms. The summed E-state index contributed by atoms with van der Waals surface area (Å²) in [7, 11) is 1.51. The van der Waals surface area contributed by atoms with Gasteiger partial charge in [0.25, 0.3) is 5.69 Å². The maximum absolute atomic E-state index is 10.5. The number of nitro groups is 1. The Bertz CT molecular complexity index is 668. The Hall–Kier alpha value is -3.09. The van der Waals surface area contributed by atoms with Crippen LogP contribution in [0.15, 0.2) is 47.6 Å². The Labute approximate surface area is 120 Å². The Morgan fingerprint density at radius 1 is 1.29 bits per heavy atom. The van der Waals surface area contributed by atoms with Crippen molar-refractivity contribution in [2.24, 2.45) is 5.10 Å². The first-order valence-electron chi connectivity index (χ1n) is 6.00. The summed E-state index contributed by atoms with van der Waals surface area (Å²) in [6.45, 7) is 0. The van der Waals surface area contributed by atoms with Crippen LogP contribution in [0, 0.1) is 10.1 Å². The zero-order valence-electron chi connectivity index (χ0n) is 11.2. The smallest absolute Gasteiger partial charge is 0.269 e. The highest BCUT2D eigenvalue weighted by molar-refractivity contribution is 5.84. The zero-order valence-corrected chi connectivity index (χ0v) is 11.2. The largest absolute Gasteiger partial charge is 0.507 e. The topological polar surface area (TPSA) is 97.0 Å². The van der Waals surface area contributed by atoms with E-state index in [0.717, 1.165) is 0 Å². The fourth-order valence-corrected chi connectivity index (χ4v) is 1.59. The number of hydrazone groups is 1. The number of hydrogen-bond donors (Lipinski definition) is 2. The lowest BCUT2D eigenvalue weighted by Crippen LogP contribution is -1.92. The average Bonchev–Trinajstić information content (AvgIpc) is 2.49.